The summed E-state index contributed by atoms with van der Waals surface area (Å²) in [5.74, 6) is 1.56. The second kappa shape index (κ2) is 6.69. The highest BCUT2D eigenvalue weighted by molar-refractivity contribution is 5.85. The lowest BCUT2D eigenvalue weighted by atomic mass is 10.0. The Morgan fingerprint density at radius 2 is 1.88 bits per heavy atom. The third-order valence-electron chi connectivity index (χ3n) is 2.85. The average molecular weight is 259 g/mol. The van der Waals surface area contributed by atoms with E-state index in [1.54, 1.807) is 14.2 Å². The van der Waals surface area contributed by atoms with E-state index in [2.05, 4.69) is 16.7 Å². The number of piperazine rings is 1. The molecule has 0 bridgehead atoms. The molecule has 1 aromatic carbocycles. The molecule has 0 saturated carbocycles. The van der Waals surface area contributed by atoms with Crippen molar-refractivity contribution < 1.29 is 9.47 Å². The topological polar surface area (TPSA) is 42.5 Å². The molecule has 4 nitrogen and oxygen atoms in total. The van der Waals surface area contributed by atoms with Gasteiger partial charge in [-0.2, -0.15) is 0 Å². The van der Waals surface area contributed by atoms with Crippen LogP contribution in [0.3, 0.4) is 0 Å². The van der Waals surface area contributed by atoms with E-state index < -0.39 is 0 Å². The van der Waals surface area contributed by atoms with E-state index in [1.165, 1.54) is 5.56 Å². The molecule has 0 radical (unpaired) electrons. The quantitative estimate of drug-likeness (QED) is 0.859. The van der Waals surface area contributed by atoms with Gasteiger partial charge in [-0.25, -0.2) is 0 Å². The molecule has 17 heavy (non-hydrogen) atoms. The van der Waals surface area contributed by atoms with E-state index >= 15 is 0 Å². The van der Waals surface area contributed by atoms with E-state index in [9.17, 15) is 0 Å². The van der Waals surface area contributed by atoms with Gasteiger partial charge < -0.3 is 20.1 Å². The second-order valence-electron chi connectivity index (χ2n) is 3.83. The van der Waals surface area contributed by atoms with Crippen LogP contribution >= 0.6 is 12.4 Å². The van der Waals surface area contributed by atoms with Gasteiger partial charge in [-0.05, 0) is 17.7 Å². The van der Waals surface area contributed by atoms with Gasteiger partial charge in [0.05, 0.1) is 14.2 Å². The Hall–Kier alpha value is -0.970. The van der Waals surface area contributed by atoms with E-state index in [4.69, 9.17) is 9.47 Å². The highest BCUT2D eigenvalue weighted by atomic mass is 35.5. The molecule has 2 rings (SSSR count). The minimum Gasteiger partial charge on any atom is -0.493 e. The highest BCUT2D eigenvalue weighted by Gasteiger charge is 2.15. The van der Waals surface area contributed by atoms with Crippen molar-refractivity contribution in [2.75, 3.05) is 33.9 Å². The van der Waals surface area contributed by atoms with Crippen LogP contribution < -0.4 is 20.1 Å². The number of hydrogen-bond donors (Lipinski definition) is 2. The zero-order valence-electron chi connectivity index (χ0n) is 10.2. The number of rotatable bonds is 3. The number of hydrogen-bond acceptors (Lipinski definition) is 4. The molecular weight excluding hydrogens is 240 g/mol. The van der Waals surface area contributed by atoms with Gasteiger partial charge in [0.15, 0.2) is 11.5 Å². The first-order valence-electron chi connectivity index (χ1n) is 5.51. The summed E-state index contributed by atoms with van der Waals surface area (Å²) in [5.41, 5.74) is 1.23. The van der Waals surface area contributed by atoms with Gasteiger partial charge in [-0.1, -0.05) is 6.07 Å². The first-order valence-corrected chi connectivity index (χ1v) is 5.51. The van der Waals surface area contributed by atoms with Crippen LogP contribution in [-0.2, 0) is 0 Å². The van der Waals surface area contributed by atoms with Crippen LogP contribution in [0.5, 0.6) is 11.5 Å². The fourth-order valence-electron chi connectivity index (χ4n) is 1.96. The summed E-state index contributed by atoms with van der Waals surface area (Å²) in [7, 11) is 3.31. The first-order chi connectivity index (χ1) is 7.85. The molecular formula is C12H19ClN2O2. The van der Waals surface area contributed by atoms with E-state index in [-0.39, 0.29) is 12.4 Å². The second-order valence-corrected chi connectivity index (χ2v) is 3.83. The number of benzene rings is 1. The highest BCUT2D eigenvalue weighted by Crippen LogP contribution is 2.29. The first kappa shape index (κ1) is 14.1. The molecule has 5 heteroatoms. The zero-order valence-corrected chi connectivity index (χ0v) is 11.0. The van der Waals surface area contributed by atoms with Crippen molar-refractivity contribution in [3.8, 4) is 11.5 Å². The van der Waals surface area contributed by atoms with Crippen LogP contribution in [0.2, 0.25) is 0 Å². The summed E-state index contributed by atoms with van der Waals surface area (Å²) in [4.78, 5) is 0. The van der Waals surface area contributed by atoms with Gasteiger partial charge >= 0.3 is 0 Å². The number of nitrogens with one attached hydrogen (secondary N) is 2. The Kier molecular flexibility index (Phi) is 5.55. The Labute approximate surface area is 108 Å². The van der Waals surface area contributed by atoms with Crippen molar-refractivity contribution in [2.45, 2.75) is 6.04 Å². The van der Waals surface area contributed by atoms with Crippen molar-refractivity contribution in [3.05, 3.63) is 23.8 Å². The lowest BCUT2D eigenvalue weighted by molar-refractivity contribution is 0.353. The smallest absolute Gasteiger partial charge is 0.161 e. The minimum atomic E-state index is 0. The van der Waals surface area contributed by atoms with E-state index in [1.807, 2.05) is 12.1 Å². The van der Waals surface area contributed by atoms with Crippen molar-refractivity contribution in [1.82, 2.24) is 10.6 Å². The number of halogens is 1. The normalized spacial score (nSPS) is 19.3. The summed E-state index contributed by atoms with van der Waals surface area (Å²) >= 11 is 0. The van der Waals surface area contributed by atoms with E-state index in [0.29, 0.717) is 6.04 Å². The monoisotopic (exact) mass is 258 g/mol. The zero-order chi connectivity index (χ0) is 11.4. The molecule has 1 aliphatic rings. The van der Waals surface area contributed by atoms with Crippen molar-refractivity contribution in [3.63, 3.8) is 0 Å². The predicted molar refractivity (Wildman–Crippen MR) is 70.4 cm³/mol. The standard InChI is InChI=1S/C12H18N2O2.ClH/c1-15-11-4-3-9(7-12(11)16-2)10-8-13-5-6-14-10;/h3-4,7,10,13-14H,5-6,8H2,1-2H3;1H/t10-;/m1./s1. The summed E-state index contributed by atoms with van der Waals surface area (Å²) in [6.07, 6.45) is 0. The van der Waals surface area contributed by atoms with Gasteiger partial charge in [-0.3, -0.25) is 0 Å². The van der Waals surface area contributed by atoms with E-state index in [0.717, 1.165) is 31.1 Å². The largest absolute Gasteiger partial charge is 0.493 e. The van der Waals surface area contributed by atoms with Gasteiger partial charge in [0.1, 0.15) is 0 Å². The lowest BCUT2D eigenvalue weighted by Crippen LogP contribution is -2.42. The molecule has 0 aliphatic carbocycles. The molecule has 1 aliphatic heterocycles. The number of ether oxygens (including phenoxy) is 2. The molecule has 1 atom stereocenters. The summed E-state index contributed by atoms with van der Waals surface area (Å²) < 4.78 is 10.5. The van der Waals surface area contributed by atoms with Crippen LogP contribution in [0.4, 0.5) is 0 Å². The maximum absolute atomic E-state index is 5.29. The van der Waals surface area contributed by atoms with Gasteiger partial charge in [0.25, 0.3) is 0 Å². The Balaban J connectivity index is 0.00000144. The van der Waals surface area contributed by atoms with Crippen molar-refractivity contribution >= 4 is 12.4 Å². The molecule has 96 valence electrons. The summed E-state index contributed by atoms with van der Waals surface area (Å²) in [6, 6.07) is 6.41. The fraction of sp³-hybridized carbons (Fsp3) is 0.500. The van der Waals surface area contributed by atoms with Crippen LogP contribution in [0.25, 0.3) is 0 Å². The Bertz CT molecular complexity index is 354. The van der Waals surface area contributed by atoms with Gasteiger partial charge in [0, 0.05) is 25.7 Å². The van der Waals surface area contributed by atoms with Gasteiger partial charge in [0.2, 0.25) is 0 Å². The molecule has 1 saturated heterocycles. The number of methoxy groups -OCH3 is 2. The van der Waals surface area contributed by atoms with Crippen molar-refractivity contribution in [2.24, 2.45) is 0 Å². The fourth-order valence-corrected chi connectivity index (χ4v) is 1.96. The third kappa shape index (κ3) is 3.25. The predicted octanol–water partition coefficient (Wildman–Crippen LogP) is 1.36. The lowest BCUT2D eigenvalue weighted by Gasteiger charge is -2.25. The Morgan fingerprint density at radius 1 is 1.12 bits per heavy atom. The average Bonchev–Trinajstić information content (AvgIpc) is 2.39. The molecule has 0 spiro atoms. The molecule has 2 N–H and O–H groups in total. The Morgan fingerprint density at radius 3 is 2.47 bits per heavy atom. The molecule has 0 unspecified atom stereocenters. The van der Waals surface area contributed by atoms with Crippen LogP contribution in [0.1, 0.15) is 11.6 Å². The summed E-state index contributed by atoms with van der Waals surface area (Å²) in [5, 5.41) is 6.83. The molecule has 1 heterocycles. The molecule has 1 aromatic rings. The van der Waals surface area contributed by atoms with Crippen molar-refractivity contribution in [1.29, 1.82) is 0 Å². The molecule has 0 aromatic heterocycles. The van der Waals surface area contributed by atoms with Crippen LogP contribution in [0, 0.1) is 0 Å². The molecule has 0 amide bonds. The minimum absolute atomic E-state index is 0. The molecule has 1 fully saturated rings. The van der Waals surface area contributed by atoms with Crippen LogP contribution in [-0.4, -0.2) is 33.9 Å². The third-order valence-corrected chi connectivity index (χ3v) is 2.85. The SMILES string of the molecule is COc1ccc([C@H]2CNCCN2)cc1OC.Cl. The maximum Gasteiger partial charge on any atom is 0.161 e. The van der Waals surface area contributed by atoms with Crippen LogP contribution in [0.15, 0.2) is 18.2 Å². The maximum atomic E-state index is 5.29. The summed E-state index contributed by atoms with van der Waals surface area (Å²) in [6.45, 7) is 2.98. The van der Waals surface area contributed by atoms with Gasteiger partial charge in [-0.15, -0.1) is 12.4 Å².